The average Bonchev–Trinajstić information content (AvgIpc) is 3.62. The first kappa shape index (κ1) is 18.7. The lowest BCUT2D eigenvalue weighted by molar-refractivity contribution is 1.17. The summed E-state index contributed by atoms with van der Waals surface area (Å²) in [6, 6.07) is 18.0. The Morgan fingerprint density at radius 3 is 1.50 bits per heavy atom. The van der Waals surface area contributed by atoms with Gasteiger partial charge < -0.3 is 9.97 Å². The number of nitrogens with zero attached hydrogens (tertiary/aromatic N) is 2. The molecule has 0 spiro atoms. The summed E-state index contributed by atoms with van der Waals surface area (Å²) in [6.07, 6.45) is 0. The van der Waals surface area contributed by atoms with Crippen LogP contribution in [0.25, 0.3) is 74.9 Å². The second-order valence-corrected chi connectivity index (χ2v) is 10.8. The van der Waals surface area contributed by atoms with E-state index in [4.69, 9.17) is 9.97 Å². The van der Waals surface area contributed by atoms with Gasteiger partial charge in [0.1, 0.15) is 11.6 Å². The van der Waals surface area contributed by atoms with Gasteiger partial charge in [-0.25, -0.2) is 9.97 Å². The van der Waals surface area contributed by atoms with E-state index in [2.05, 4.69) is 69.3 Å². The number of aryl methyl sites for hydroxylation is 2. The predicted octanol–water partition coefficient (Wildman–Crippen LogP) is 8.46. The van der Waals surface area contributed by atoms with E-state index in [1.165, 1.54) is 52.8 Å². The van der Waals surface area contributed by atoms with Crippen LogP contribution >= 0.6 is 22.7 Å². The van der Waals surface area contributed by atoms with E-state index in [-0.39, 0.29) is 0 Å². The molecule has 8 aromatic rings. The number of fused-ring (bicyclic) bond motifs is 12. The Kier molecular flexibility index (Phi) is 3.53. The standard InChI is InChI=1S/C28H18N4S2/c1-13-29-23-17-5-3-15(11-21(17)27-19(7-9-33-27)25(23)31-13)16-4-6-18-22(12-16)28-20(8-10-34-28)26-24(18)30-14(2)32-26/h3-12H,1-2H3,(H,29,31)(H,30,32). The molecule has 4 aromatic carbocycles. The van der Waals surface area contributed by atoms with E-state index >= 15 is 0 Å². The predicted molar refractivity (Wildman–Crippen MR) is 146 cm³/mol. The molecule has 4 heterocycles. The quantitative estimate of drug-likeness (QED) is 0.251. The average molecular weight is 475 g/mol. The van der Waals surface area contributed by atoms with E-state index in [1.54, 1.807) is 22.7 Å². The number of hydrogen-bond donors (Lipinski definition) is 2. The van der Waals surface area contributed by atoms with Crippen molar-refractivity contribution in [3.8, 4) is 11.1 Å². The topological polar surface area (TPSA) is 57.4 Å². The van der Waals surface area contributed by atoms with Gasteiger partial charge in [0.05, 0.1) is 22.1 Å². The smallest absolute Gasteiger partial charge is 0.104 e. The summed E-state index contributed by atoms with van der Waals surface area (Å²) < 4.78 is 2.60. The van der Waals surface area contributed by atoms with Gasteiger partial charge in [-0.05, 0) is 60.0 Å². The molecule has 4 nitrogen and oxygen atoms in total. The lowest BCUT2D eigenvalue weighted by atomic mass is 9.96. The zero-order chi connectivity index (χ0) is 22.6. The molecular weight excluding hydrogens is 456 g/mol. The van der Waals surface area contributed by atoms with Crippen LogP contribution in [0.1, 0.15) is 11.6 Å². The van der Waals surface area contributed by atoms with Crippen molar-refractivity contribution in [3.63, 3.8) is 0 Å². The summed E-state index contributed by atoms with van der Waals surface area (Å²) in [5.41, 5.74) is 6.84. The minimum absolute atomic E-state index is 0.953. The maximum absolute atomic E-state index is 4.77. The van der Waals surface area contributed by atoms with Gasteiger partial charge in [-0.2, -0.15) is 0 Å². The fourth-order valence-corrected chi connectivity index (χ4v) is 7.29. The maximum atomic E-state index is 4.77. The fourth-order valence-electron chi connectivity index (χ4n) is 5.43. The molecule has 0 aliphatic heterocycles. The first-order valence-corrected chi connectivity index (χ1v) is 13.0. The highest BCUT2D eigenvalue weighted by molar-refractivity contribution is 7.18. The molecule has 0 saturated carbocycles. The van der Waals surface area contributed by atoms with Crippen molar-refractivity contribution in [2.24, 2.45) is 0 Å². The van der Waals surface area contributed by atoms with Gasteiger partial charge in [0.25, 0.3) is 0 Å². The monoisotopic (exact) mass is 474 g/mol. The van der Waals surface area contributed by atoms with Crippen LogP contribution in [-0.2, 0) is 0 Å². The van der Waals surface area contributed by atoms with Crippen molar-refractivity contribution in [1.82, 2.24) is 19.9 Å². The van der Waals surface area contributed by atoms with E-state index in [0.29, 0.717) is 0 Å². The van der Waals surface area contributed by atoms with Gasteiger partial charge in [-0.3, -0.25) is 0 Å². The van der Waals surface area contributed by atoms with Crippen molar-refractivity contribution in [2.45, 2.75) is 13.8 Å². The van der Waals surface area contributed by atoms with E-state index in [1.807, 2.05) is 13.8 Å². The number of hydrogen-bond acceptors (Lipinski definition) is 4. The molecule has 34 heavy (non-hydrogen) atoms. The second kappa shape index (κ2) is 6.44. The lowest BCUT2D eigenvalue weighted by Gasteiger charge is -2.09. The Morgan fingerprint density at radius 2 is 1.03 bits per heavy atom. The van der Waals surface area contributed by atoms with Crippen LogP contribution in [0.15, 0.2) is 59.3 Å². The van der Waals surface area contributed by atoms with Crippen LogP contribution in [-0.4, -0.2) is 19.9 Å². The summed E-state index contributed by atoms with van der Waals surface area (Å²) in [5, 5.41) is 11.8. The number of nitrogens with one attached hydrogen (secondary N) is 2. The highest BCUT2D eigenvalue weighted by Crippen LogP contribution is 2.41. The summed E-state index contributed by atoms with van der Waals surface area (Å²) in [6.45, 7) is 4.05. The maximum Gasteiger partial charge on any atom is 0.104 e. The Balaban J connectivity index is 1.44. The number of aromatic nitrogens is 4. The van der Waals surface area contributed by atoms with Gasteiger partial charge in [0.15, 0.2) is 0 Å². The number of H-pyrrole nitrogens is 2. The minimum atomic E-state index is 0.953. The minimum Gasteiger partial charge on any atom is -0.342 e. The van der Waals surface area contributed by atoms with Crippen LogP contribution in [0, 0.1) is 13.8 Å². The molecule has 0 unspecified atom stereocenters. The van der Waals surface area contributed by atoms with Gasteiger partial charge >= 0.3 is 0 Å². The molecule has 6 heteroatoms. The van der Waals surface area contributed by atoms with Gasteiger partial charge in [-0.1, -0.05) is 24.3 Å². The van der Waals surface area contributed by atoms with Crippen molar-refractivity contribution in [2.75, 3.05) is 0 Å². The molecular formula is C28H18N4S2. The van der Waals surface area contributed by atoms with Crippen LogP contribution in [0.2, 0.25) is 0 Å². The molecule has 0 bridgehead atoms. The van der Waals surface area contributed by atoms with Crippen molar-refractivity contribution in [1.29, 1.82) is 0 Å². The zero-order valence-corrected chi connectivity index (χ0v) is 20.1. The molecule has 0 radical (unpaired) electrons. The summed E-state index contributed by atoms with van der Waals surface area (Å²) in [5.74, 6) is 1.91. The van der Waals surface area contributed by atoms with E-state index in [0.717, 1.165) is 33.7 Å². The number of thiophene rings is 2. The number of benzene rings is 4. The Labute approximate surface area is 201 Å². The summed E-state index contributed by atoms with van der Waals surface area (Å²) in [7, 11) is 0. The third-order valence-corrected chi connectivity index (χ3v) is 8.78. The highest BCUT2D eigenvalue weighted by Gasteiger charge is 2.16. The number of rotatable bonds is 1. The Bertz CT molecular complexity index is 1950. The van der Waals surface area contributed by atoms with Crippen LogP contribution in [0.5, 0.6) is 0 Å². The van der Waals surface area contributed by atoms with Crippen LogP contribution in [0.4, 0.5) is 0 Å². The third kappa shape index (κ3) is 2.36. The normalized spacial score (nSPS) is 12.4. The number of imidazole rings is 2. The third-order valence-electron chi connectivity index (χ3n) is 6.89. The largest absolute Gasteiger partial charge is 0.342 e. The molecule has 0 aliphatic rings. The van der Waals surface area contributed by atoms with Crippen molar-refractivity contribution >= 4 is 86.5 Å². The SMILES string of the molecule is Cc1nc2c3ccsc3c3cc(-c4ccc5c(c4)c4sccc4c4nc(C)[nH]c54)ccc3c2[nH]1. The molecule has 0 aliphatic carbocycles. The van der Waals surface area contributed by atoms with Crippen molar-refractivity contribution < 1.29 is 0 Å². The van der Waals surface area contributed by atoms with Crippen molar-refractivity contribution in [3.05, 3.63) is 70.9 Å². The molecule has 4 aromatic heterocycles. The first-order chi connectivity index (χ1) is 16.7. The van der Waals surface area contributed by atoms with Crippen LogP contribution in [0.3, 0.4) is 0 Å². The zero-order valence-electron chi connectivity index (χ0n) is 18.5. The first-order valence-electron chi connectivity index (χ1n) is 11.2. The van der Waals surface area contributed by atoms with Gasteiger partial charge in [0.2, 0.25) is 0 Å². The molecule has 0 fully saturated rings. The highest BCUT2D eigenvalue weighted by atomic mass is 32.1. The fraction of sp³-hybridized carbons (Fsp3) is 0.0714. The van der Waals surface area contributed by atoms with E-state index < -0.39 is 0 Å². The Morgan fingerprint density at radius 1 is 0.559 bits per heavy atom. The number of aromatic amines is 2. The molecule has 162 valence electrons. The molecule has 0 saturated heterocycles. The van der Waals surface area contributed by atoms with Gasteiger partial charge in [-0.15, -0.1) is 22.7 Å². The summed E-state index contributed by atoms with van der Waals surface area (Å²) >= 11 is 3.58. The lowest BCUT2D eigenvalue weighted by Crippen LogP contribution is -1.84. The molecule has 0 atom stereocenters. The summed E-state index contributed by atoms with van der Waals surface area (Å²) in [4.78, 5) is 16.5. The van der Waals surface area contributed by atoms with Crippen LogP contribution < -0.4 is 0 Å². The van der Waals surface area contributed by atoms with Gasteiger partial charge in [0, 0.05) is 41.7 Å². The molecule has 8 rings (SSSR count). The van der Waals surface area contributed by atoms with E-state index in [9.17, 15) is 0 Å². The molecule has 0 amide bonds. The Hall–Kier alpha value is -3.74. The molecule has 2 N–H and O–H groups in total. The second-order valence-electron chi connectivity index (χ2n) is 8.94.